The maximum absolute atomic E-state index is 13.8. The number of aromatic amines is 1. The van der Waals surface area contributed by atoms with E-state index in [1.807, 2.05) is 31.3 Å². The van der Waals surface area contributed by atoms with Gasteiger partial charge in [-0.1, -0.05) is 12.1 Å². The highest BCUT2D eigenvalue weighted by atomic mass is 19.1. The van der Waals surface area contributed by atoms with Gasteiger partial charge in [0.1, 0.15) is 17.2 Å². The van der Waals surface area contributed by atoms with E-state index in [2.05, 4.69) is 26.8 Å². The Hall–Kier alpha value is -2.47. The Bertz CT molecular complexity index is 968. The quantitative estimate of drug-likeness (QED) is 0.771. The molecule has 6 heteroatoms. The lowest BCUT2D eigenvalue weighted by molar-refractivity contribution is 0.279. The van der Waals surface area contributed by atoms with Gasteiger partial charge in [0.25, 0.3) is 0 Å². The Kier molecular flexibility index (Phi) is 3.50. The van der Waals surface area contributed by atoms with E-state index < -0.39 is 0 Å². The summed E-state index contributed by atoms with van der Waals surface area (Å²) in [6, 6.07) is 9.31. The molecule has 134 valence electrons. The van der Waals surface area contributed by atoms with Crippen molar-refractivity contribution in [3.63, 3.8) is 0 Å². The van der Waals surface area contributed by atoms with Crippen LogP contribution in [0.5, 0.6) is 0 Å². The van der Waals surface area contributed by atoms with E-state index in [9.17, 15) is 4.39 Å². The standard InChI is InChI=1S/C20H22FN5/c1-12-23-17-6-7-22-18(17)20(24-12)26-10-14-9-25(2)19(16(14)11-26)13-4-3-5-15(21)8-13/h3-8,14,16,19,22H,9-11H2,1-2H3/t14-,16+,19-/m0/s1. The van der Waals surface area contributed by atoms with Gasteiger partial charge >= 0.3 is 0 Å². The second-order valence-electron chi connectivity index (χ2n) is 7.60. The summed E-state index contributed by atoms with van der Waals surface area (Å²) in [7, 11) is 2.15. The third-order valence-corrected chi connectivity index (χ3v) is 5.88. The molecular formula is C20H22FN5. The normalized spacial score (nSPS) is 26.0. The summed E-state index contributed by atoms with van der Waals surface area (Å²) in [5, 5.41) is 0. The number of anilines is 1. The molecule has 2 fully saturated rings. The Morgan fingerprint density at radius 3 is 2.88 bits per heavy atom. The summed E-state index contributed by atoms with van der Waals surface area (Å²) in [6.07, 6.45) is 1.92. The fourth-order valence-corrected chi connectivity index (χ4v) is 4.89. The second kappa shape index (κ2) is 5.77. The van der Waals surface area contributed by atoms with Gasteiger partial charge in [-0.15, -0.1) is 0 Å². The van der Waals surface area contributed by atoms with E-state index in [1.165, 1.54) is 6.07 Å². The zero-order valence-electron chi connectivity index (χ0n) is 15.0. The minimum absolute atomic E-state index is 0.159. The van der Waals surface area contributed by atoms with Crippen LogP contribution in [0.3, 0.4) is 0 Å². The lowest BCUT2D eigenvalue weighted by atomic mass is 9.89. The topological polar surface area (TPSA) is 48.1 Å². The maximum atomic E-state index is 13.8. The number of benzene rings is 1. The number of halogens is 1. The number of nitrogens with one attached hydrogen (secondary N) is 1. The molecule has 1 aromatic carbocycles. The van der Waals surface area contributed by atoms with Gasteiger partial charge < -0.3 is 9.88 Å². The van der Waals surface area contributed by atoms with E-state index in [4.69, 9.17) is 4.98 Å². The third kappa shape index (κ3) is 2.40. The summed E-state index contributed by atoms with van der Waals surface area (Å²) in [5.41, 5.74) is 3.04. The van der Waals surface area contributed by atoms with Gasteiger partial charge in [0.2, 0.25) is 0 Å². The molecule has 0 aliphatic carbocycles. The number of aryl methyl sites for hydroxylation is 1. The van der Waals surface area contributed by atoms with Crippen LogP contribution in [0.25, 0.3) is 11.0 Å². The Morgan fingerprint density at radius 1 is 1.15 bits per heavy atom. The van der Waals surface area contributed by atoms with E-state index in [1.54, 1.807) is 6.07 Å². The highest BCUT2D eigenvalue weighted by Gasteiger charge is 2.46. The fourth-order valence-electron chi connectivity index (χ4n) is 4.89. The summed E-state index contributed by atoms with van der Waals surface area (Å²) in [4.78, 5) is 17.3. The lowest BCUT2D eigenvalue weighted by Crippen LogP contribution is -2.29. The van der Waals surface area contributed by atoms with Gasteiger partial charge in [0, 0.05) is 37.8 Å². The van der Waals surface area contributed by atoms with Gasteiger partial charge in [0.05, 0.1) is 5.52 Å². The first-order valence-corrected chi connectivity index (χ1v) is 9.12. The number of fused-ring (bicyclic) bond motifs is 2. The highest BCUT2D eigenvalue weighted by Crippen LogP contribution is 2.45. The van der Waals surface area contributed by atoms with Gasteiger partial charge in [-0.2, -0.15) is 0 Å². The second-order valence-corrected chi connectivity index (χ2v) is 7.60. The largest absolute Gasteiger partial charge is 0.357 e. The van der Waals surface area contributed by atoms with Crippen LogP contribution < -0.4 is 4.90 Å². The van der Waals surface area contributed by atoms with E-state index in [-0.39, 0.29) is 11.9 Å². The molecule has 5 rings (SSSR count). The van der Waals surface area contributed by atoms with Crippen molar-refractivity contribution in [3.05, 3.63) is 53.7 Å². The fraction of sp³-hybridized carbons (Fsp3) is 0.400. The molecule has 0 radical (unpaired) electrons. The molecule has 0 saturated carbocycles. The monoisotopic (exact) mass is 351 g/mol. The van der Waals surface area contributed by atoms with Crippen molar-refractivity contribution < 1.29 is 4.39 Å². The van der Waals surface area contributed by atoms with E-state index in [0.717, 1.165) is 47.9 Å². The summed E-state index contributed by atoms with van der Waals surface area (Å²) < 4.78 is 13.8. The van der Waals surface area contributed by atoms with Crippen molar-refractivity contribution in [2.24, 2.45) is 11.8 Å². The van der Waals surface area contributed by atoms with Crippen molar-refractivity contribution in [2.75, 3.05) is 31.6 Å². The first-order chi connectivity index (χ1) is 12.6. The molecule has 0 amide bonds. The molecule has 0 bridgehead atoms. The minimum Gasteiger partial charge on any atom is -0.357 e. The highest BCUT2D eigenvalue weighted by molar-refractivity contribution is 5.86. The number of hydrogen-bond acceptors (Lipinski definition) is 4. The number of H-pyrrole nitrogens is 1. The van der Waals surface area contributed by atoms with Crippen molar-refractivity contribution in [1.82, 2.24) is 19.9 Å². The number of likely N-dealkylation sites (tertiary alicyclic amines) is 1. The Balaban J connectivity index is 1.49. The van der Waals surface area contributed by atoms with Gasteiger partial charge in [-0.25, -0.2) is 14.4 Å². The van der Waals surface area contributed by atoms with Gasteiger partial charge in [-0.3, -0.25) is 4.90 Å². The molecule has 3 atom stereocenters. The average Bonchev–Trinajstić information content (AvgIpc) is 3.27. The summed E-state index contributed by atoms with van der Waals surface area (Å²) in [6.45, 7) is 4.88. The molecule has 2 aliphatic heterocycles. The van der Waals surface area contributed by atoms with Crippen molar-refractivity contribution >= 4 is 16.9 Å². The molecule has 0 unspecified atom stereocenters. The van der Waals surface area contributed by atoms with Crippen LogP contribution in [0.4, 0.5) is 10.2 Å². The molecule has 2 saturated heterocycles. The van der Waals surface area contributed by atoms with Gasteiger partial charge in [0.15, 0.2) is 5.82 Å². The average molecular weight is 351 g/mol. The SMILES string of the molecule is Cc1nc(N2C[C@@H]3CN(C)[C@@H](c4cccc(F)c4)[C@@H]3C2)c2[nH]ccc2n1. The summed E-state index contributed by atoms with van der Waals surface area (Å²) >= 11 is 0. The van der Waals surface area contributed by atoms with Crippen molar-refractivity contribution in [1.29, 1.82) is 0 Å². The molecule has 2 aliphatic rings. The first kappa shape index (κ1) is 15.8. The van der Waals surface area contributed by atoms with Crippen molar-refractivity contribution in [2.45, 2.75) is 13.0 Å². The lowest BCUT2D eigenvalue weighted by Gasteiger charge is -2.27. The van der Waals surface area contributed by atoms with E-state index >= 15 is 0 Å². The Morgan fingerprint density at radius 2 is 2.04 bits per heavy atom. The predicted molar refractivity (Wildman–Crippen MR) is 99.6 cm³/mol. The van der Waals surface area contributed by atoms with Crippen LogP contribution >= 0.6 is 0 Å². The van der Waals surface area contributed by atoms with Crippen LogP contribution in [0.2, 0.25) is 0 Å². The molecule has 4 heterocycles. The number of hydrogen-bond donors (Lipinski definition) is 1. The minimum atomic E-state index is -0.159. The smallest absolute Gasteiger partial charge is 0.156 e. The zero-order valence-corrected chi connectivity index (χ0v) is 15.0. The zero-order chi connectivity index (χ0) is 17.8. The molecular weight excluding hydrogens is 329 g/mol. The molecule has 26 heavy (non-hydrogen) atoms. The first-order valence-electron chi connectivity index (χ1n) is 9.12. The molecule has 3 aromatic rings. The maximum Gasteiger partial charge on any atom is 0.156 e. The van der Waals surface area contributed by atoms with Crippen LogP contribution in [-0.4, -0.2) is 46.5 Å². The molecule has 2 aromatic heterocycles. The van der Waals surface area contributed by atoms with Crippen LogP contribution in [0, 0.1) is 24.6 Å². The van der Waals surface area contributed by atoms with Crippen LogP contribution in [0.1, 0.15) is 17.4 Å². The molecule has 1 N–H and O–H groups in total. The van der Waals surface area contributed by atoms with Crippen LogP contribution in [-0.2, 0) is 0 Å². The summed E-state index contributed by atoms with van der Waals surface area (Å²) in [5.74, 6) is 2.67. The van der Waals surface area contributed by atoms with Gasteiger partial charge in [-0.05, 0) is 43.7 Å². The predicted octanol–water partition coefficient (Wildman–Crippen LogP) is 3.14. The van der Waals surface area contributed by atoms with Crippen LogP contribution in [0.15, 0.2) is 36.5 Å². The molecule has 0 spiro atoms. The van der Waals surface area contributed by atoms with Crippen molar-refractivity contribution in [3.8, 4) is 0 Å². The number of rotatable bonds is 2. The number of aromatic nitrogens is 3. The Labute approximate surface area is 151 Å². The number of nitrogens with zero attached hydrogens (tertiary/aromatic N) is 4. The van der Waals surface area contributed by atoms with E-state index in [0.29, 0.717) is 11.8 Å². The molecule has 5 nitrogen and oxygen atoms in total. The third-order valence-electron chi connectivity index (χ3n) is 5.88.